The van der Waals surface area contributed by atoms with Crippen LogP contribution in [0.2, 0.25) is 0 Å². The van der Waals surface area contributed by atoms with Crippen molar-refractivity contribution in [2.75, 3.05) is 7.11 Å². The maximum atomic E-state index is 12.9. The van der Waals surface area contributed by atoms with E-state index in [1.807, 2.05) is 6.08 Å². The van der Waals surface area contributed by atoms with Crippen LogP contribution in [0.3, 0.4) is 0 Å². The van der Waals surface area contributed by atoms with E-state index in [9.17, 15) is 14.4 Å². The third kappa shape index (κ3) is 2.62. The Kier molecular flexibility index (Phi) is 4.60. The monoisotopic (exact) mass is 400 g/mol. The number of carbonyl (C=O) groups is 3. The van der Waals surface area contributed by atoms with Crippen molar-refractivity contribution in [2.24, 2.45) is 28.6 Å². The van der Waals surface area contributed by atoms with Crippen LogP contribution >= 0.6 is 0 Å². The van der Waals surface area contributed by atoms with Crippen LogP contribution in [0.25, 0.3) is 0 Å². The Labute approximate surface area is 172 Å². The zero-order valence-electron chi connectivity index (χ0n) is 18.2. The molecule has 0 aliphatic heterocycles. The van der Waals surface area contributed by atoms with Gasteiger partial charge in [0.2, 0.25) is 5.60 Å². The zero-order chi connectivity index (χ0) is 21.2. The first-order valence-corrected chi connectivity index (χ1v) is 10.8. The standard InChI is InChI=1S/C24H32O5/c1-14-12-17-18(22(3)9-6-16(26)13-20(14)22)7-10-23(4)19(17)8-11-24(23,21(27)28-5)29-15(2)25/h12-13,17-19H,6-11H2,1-5H3/t17?,18?,19?,22-,23+,24+/m1/s1. The molecule has 0 bridgehead atoms. The molecule has 2 saturated carbocycles. The van der Waals surface area contributed by atoms with Crippen LogP contribution in [0.4, 0.5) is 0 Å². The van der Waals surface area contributed by atoms with E-state index in [1.54, 1.807) is 0 Å². The molecular weight excluding hydrogens is 368 g/mol. The Hall–Kier alpha value is -1.91. The lowest BCUT2D eigenvalue weighted by molar-refractivity contribution is -0.200. The lowest BCUT2D eigenvalue weighted by Crippen LogP contribution is -2.59. The molecule has 4 rings (SSSR count). The van der Waals surface area contributed by atoms with E-state index in [-0.39, 0.29) is 17.1 Å². The van der Waals surface area contributed by atoms with Crippen molar-refractivity contribution in [2.45, 2.75) is 71.8 Å². The Balaban J connectivity index is 1.79. The summed E-state index contributed by atoms with van der Waals surface area (Å²) in [5.41, 5.74) is 0.734. The van der Waals surface area contributed by atoms with Crippen molar-refractivity contribution in [3.8, 4) is 0 Å². The average Bonchev–Trinajstić information content (AvgIpc) is 2.95. The maximum Gasteiger partial charge on any atom is 0.350 e. The smallest absolute Gasteiger partial charge is 0.350 e. The van der Waals surface area contributed by atoms with E-state index in [4.69, 9.17) is 9.47 Å². The fourth-order valence-electron chi connectivity index (χ4n) is 7.37. The summed E-state index contributed by atoms with van der Waals surface area (Å²) in [5.74, 6) is 0.358. The first-order valence-electron chi connectivity index (χ1n) is 10.8. The average molecular weight is 401 g/mol. The van der Waals surface area contributed by atoms with Gasteiger partial charge in [0.25, 0.3) is 0 Å². The molecule has 2 fully saturated rings. The highest BCUT2D eigenvalue weighted by Crippen LogP contribution is 2.67. The molecule has 0 radical (unpaired) electrons. The molecule has 0 aromatic rings. The van der Waals surface area contributed by atoms with Gasteiger partial charge in [0, 0.05) is 18.8 Å². The fraction of sp³-hybridized carbons (Fsp3) is 0.708. The van der Waals surface area contributed by atoms with Crippen molar-refractivity contribution in [1.82, 2.24) is 0 Å². The first kappa shape index (κ1) is 20.4. The van der Waals surface area contributed by atoms with Crippen molar-refractivity contribution < 1.29 is 23.9 Å². The predicted molar refractivity (Wildman–Crippen MR) is 108 cm³/mol. The van der Waals surface area contributed by atoms with Gasteiger partial charge in [-0.1, -0.05) is 25.5 Å². The first-order chi connectivity index (χ1) is 13.6. The number of ketones is 1. The summed E-state index contributed by atoms with van der Waals surface area (Å²) in [6, 6.07) is 0. The zero-order valence-corrected chi connectivity index (χ0v) is 18.2. The quantitative estimate of drug-likeness (QED) is 0.651. The second-order valence-electron chi connectivity index (χ2n) is 9.99. The molecule has 0 saturated heterocycles. The lowest BCUT2D eigenvalue weighted by Gasteiger charge is -2.57. The largest absolute Gasteiger partial charge is 0.466 e. The van der Waals surface area contributed by atoms with Gasteiger partial charge in [-0.25, -0.2) is 4.79 Å². The Bertz CT molecular complexity index is 838. The summed E-state index contributed by atoms with van der Waals surface area (Å²) in [6.07, 6.45) is 8.80. The normalized spacial score (nSPS) is 43.3. The Morgan fingerprint density at radius 1 is 1.10 bits per heavy atom. The topological polar surface area (TPSA) is 69.7 Å². The van der Waals surface area contributed by atoms with Gasteiger partial charge >= 0.3 is 11.9 Å². The number of hydrogen-bond donors (Lipinski definition) is 0. The number of carbonyl (C=O) groups excluding carboxylic acids is 3. The van der Waals surface area contributed by atoms with Gasteiger partial charge in [0.15, 0.2) is 5.78 Å². The Morgan fingerprint density at radius 3 is 2.45 bits per heavy atom. The molecule has 0 aromatic carbocycles. The highest BCUT2D eigenvalue weighted by atomic mass is 16.6. The third-order valence-electron chi connectivity index (χ3n) is 8.78. The molecule has 4 aliphatic rings. The van der Waals surface area contributed by atoms with E-state index in [0.717, 1.165) is 25.7 Å². The van der Waals surface area contributed by atoms with Crippen molar-refractivity contribution in [3.05, 3.63) is 23.3 Å². The van der Waals surface area contributed by atoms with Gasteiger partial charge < -0.3 is 9.47 Å². The van der Waals surface area contributed by atoms with Crippen molar-refractivity contribution >= 4 is 17.7 Å². The van der Waals surface area contributed by atoms with E-state index >= 15 is 0 Å². The number of hydrogen-bond acceptors (Lipinski definition) is 5. The molecule has 0 N–H and O–H groups in total. The number of ether oxygens (including phenoxy) is 2. The minimum Gasteiger partial charge on any atom is -0.466 e. The molecule has 0 heterocycles. The molecule has 5 nitrogen and oxygen atoms in total. The van der Waals surface area contributed by atoms with Crippen molar-refractivity contribution in [1.29, 1.82) is 0 Å². The number of methoxy groups -OCH3 is 1. The summed E-state index contributed by atoms with van der Waals surface area (Å²) in [4.78, 5) is 37.0. The van der Waals surface area contributed by atoms with E-state index < -0.39 is 23.0 Å². The summed E-state index contributed by atoms with van der Waals surface area (Å²) in [7, 11) is 1.37. The minimum absolute atomic E-state index is 0.00329. The second-order valence-corrected chi connectivity index (χ2v) is 9.99. The summed E-state index contributed by atoms with van der Waals surface area (Å²) >= 11 is 0. The Morgan fingerprint density at radius 2 is 1.79 bits per heavy atom. The van der Waals surface area contributed by atoms with Crippen LogP contribution in [-0.4, -0.2) is 30.4 Å². The van der Waals surface area contributed by atoms with Gasteiger partial charge in [0.1, 0.15) is 0 Å². The maximum absolute atomic E-state index is 12.9. The van der Waals surface area contributed by atoms with Crippen LogP contribution in [0.15, 0.2) is 23.3 Å². The molecule has 5 heteroatoms. The molecule has 3 unspecified atom stereocenters. The lowest BCUT2D eigenvalue weighted by atomic mass is 9.47. The van der Waals surface area contributed by atoms with Gasteiger partial charge in [-0.3, -0.25) is 9.59 Å². The molecule has 0 aromatic heterocycles. The van der Waals surface area contributed by atoms with Crippen LogP contribution < -0.4 is 0 Å². The van der Waals surface area contributed by atoms with Crippen LogP contribution in [0.1, 0.15) is 66.2 Å². The van der Waals surface area contributed by atoms with E-state index in [0.29, 0.717) is 24.7 Å². The van der Waals surface area contributed by atoms with Gasteiger partial charge in [-0.2, -0.15) is 0 Å². The minimum atomic E-state index is -1.20. The van der Waals surface area contributed by atoms with Crippen molar-refractivity contribution in [3.63, 3.8) is 0 Å². The molecule has 29 heavy (non-hydrogen) atoms. The molecule has 0 spiro atoms. The fourth-order valence-corrected chi connectivity index (χ4v) is 7.37. The van der Waals surface area contributed by atoms with Crippen LogP contribution in [-0.2, 0) is 23.9 Å². The summed E-state index contributed by atoms with van der Waals surface area (Å²) in [5, 5.41) is 0. The SMILES string of the molecule is COC(=O)[C@@]1(OC(C)=O)CCC2C3C=C(C)C4=CC(=O)CC[C@]4(C)C3CC[C@@]21C. The highest BCUT2D eigenvalue weighted by Gasteiger charge is 2.69. The third-order valence-corrected chi connectivity index (χ3v) is 8.78. The van der Waals surface area contributed by atoms with Crippen LogP contribution in [0, 0.1) is 28.6 Å². The van der Waals surface area contributed by atoms with Gasteiger partial charge in [0.05, 0.1) is 7.11 Å². The number of allylic oxidation sites excluding steroid dienone is 4. The summed E-state index contributed by atoms with van der Waals surface area (Å²) < 4.78 is 10.9. The molecular formula is C24H32O5. The predicted octanol–water partition coefficient (Wildman–Crippen LogP) is 4.16. The molecule has 158 valence electrons. The molecule has 4 aliphatic carbocycles. The number of rotatable bonds is 2. The second kappa shape index (κ2) is 6.55. The van der Waals surface area contributed by atoms with Gasteiger partial charge in [-0.15, -0.1) is 0 Å². The van der Waals surface area contributed by atoms with Gasteiger partial charge in [-0.05, 0) is 73.8 Å². The van der Waals surface area contributed by atoms with E-state index in [1.165, 1.54) is 25.2 Å². The number of esters is 2. The molecule has 0 amide bonds. The number of fused-ring (bicyclic) bond motifs is 5. The van der Waals surface area contributed by atoms with Crippen LogP contribution in [0.5, 0.6) is 0 Å². The summed E-state index contributed by atoms with van der Waals surface area (Å²) in [6.45, 7) is 7.91. The molecule has 6 atom stereocenters. The van der Waals surface area contributed by atoms with E-state index in [2.05, 4.69) is 26.8 Å². The highest BCUT2D eigenvalue weighted by molar-refractivity contribution is 5.92.